The molecule has 0 rings (SSSR count). The zero-order valence-electron chi connectivity index (χ0n) is 31.9. The number of hydrogen-bond donors (Lipinski definition) is 4. The number of azo groups is 1. The second-order valence-electron chi connectivity index (χ2n) is 12.5. The van der Waals surface area contributed by atoms with Crippen LogP contribution in [0.25, 0.3) is 0 Å². The van der Waals surface area contributed by atoms with Gasteiger partial charge in [-0.2, -0.15) is 10.2 Å². The molecule has 14 nitrogen and oxygen atoms in total. The molecule has 0 aromatic carbocycles. The van der Waals surface area contributed by atoms with Crippen LogP contribution in [0.2, 0.25) is 12.1 Å². The van der Waals surface area contributed by atoms with E-state index in [1.807, 2.05) is 69.2 Å². The Morgan fingerprint density at radius 1 is 0.521 bits per heavy atom. The Bertz CT molecular complexity index is 784. The van der Waals surface area contributed by atoms with Crippen molar-refractivity contribution in [3.8, 4) is 0 Å². The number of hydrogen-bond acceptors (Lipinski definition) is 12. The van der Waals surface area contributed by atoms with Gasteiger partial charge in [0.2, 0.25) is 11.8 Å². The molecule has 0 aromatic heterocycles. The molecule has 0 unspecified atom stereocenters. The van der Waals surface area contributed by atoms with Crippen molar-refractivity contribution in [2.24, 2.45) is 10.2 Å². The van der Waals surface area contributed by atoms with Gasteiger partial charge < -0.3 is 47.8 Å². The van der Waals surface area contributed by atoms with Crippen LogP contribution >= 0.6 is 0 Å². The van der Waals surface area contributed by atoms with Gasteiger partial charge in [-0.1, -0.05) is 0 Å². The SMILES string of the molecule is CCO[Si](CCCNC(=O)CCNCC(C)(C)N=NC(C)(C)CNCCC(=O)NCCC[Si](OCC)(OCC)OCC)(OCC)OCC. The van der Waals surface area contributed by atoms with Crippen molar-refractivity contribution in [2.45, 2.75) is 118 Å². The maximum atomic E-state index is 12.3. The second-order valence-corrected chi connectivity index (χ2v) is 18.0. The van der Waals surface area contributed by atoms with E-state index in [0.717, 1.165) is 12.8 Å². The zero-order valence-corrected chi connectivity index (χ0v) is 33.9. The van der Waals surface area contributed by atoms with Crippen molar-refractivity contribution in [1.82, 2.24) is 21.3 Å². The predicted octanol–water partition coefficient (Wildman–Crippen LogP) is 4.06. The minimum Gasteiger partial charge on any atom is -0.374 e. The van der Waals surface area contributed by atoms with Gasteiger partial charge in [0.05, 0.1) is 11.1 Å². The minimum absolute atomic E-state index is 0.00673. The zero-order chi connectivity index (χ0) is 36.4. The van der Waals surface area contributed by atoms with Gasteiger partial charge in [0, 0.05) is 104 Å². The van der Waals surface area contributed by atoms with E-state index in [2.05, 4.69) is 31.5 Å². The molecule has 0 saturated heterocycles. The van der Waals surface area contributed by atoms with E-state index in [0.29, 0.717) is 104 Å². The van der Waals surface area contributed by atoms with Crippen molar-refractivity contribution < 1.29 is 36.1 Å². The van der Waals surface area contributed by atoms with E-state index >= 15 is 0 Å². The maximum Gasteiger partial charge on any atom is 0.500 e. The number of carbonyl (C=O) groups excluding carboxylic acids is 2. The molecule has 0 spiro atoms. The first-order chi connectivity index (χ1) is 22.8. The first-order valence-electron chi connectivity index (χ1n) is 18.0. The average Bonchev–Trinajstić information content (AvgIpc) is 3.02. The Hall–Kier alpha value is -1.35. The van der Waals surface area contributed by atoms with Crippen LogP contribution in [0.5, 0.6) is 0 Å². The molecule has 0 aromatic rings. The number of carbonyl (C=O) groups is 2. The third-order valence-electron chi connectivity index (χ3n) is 6.91. The summed E-state index contributed by atoms with van der Waals surface area (Å²) in [7, 11) is -5.37. The normalized spacial score (nSPS) is 13.0. The molecular formula is C32H70N6O8Si2. The van der Waals surface area contributed by atoms with E-state index in [-0.39, 0.29) is 11.8 Å². The van der Waals surface area contributed by atoms with Crippen LogP contribution in [0, 0.1) is 0 Å². The molecule has 0 radical (unpaired) electrons. The largest absolute Gasteiger partial charge is 0.500 e. The maximum absolute atomic E-state index is 12.3. The van der Waals surface area contributed by atoms with Gasteiger partial charge in [0.25, 0.3) is 0 Å². The summed E-state index contributed by atoms with van der Waals surface area (Å²) in [5.41, 5.74) is -0.876. The van der Waals surface area contributed by atoms with Crippen LogP contribution in [0.1, 0.15) is 94.9 Å². The Labute approximate surface area is 293 Å². The number of nitrogens with zero attached hydrogens (tertiary/aromatic N) is 2. The summed E-state index contributed by atoms with van der Waals surface area (Å²) < 4.78 is 35.2. The molecule has 0 aliphatic carbocycles. The standard InChI is InChI=1S/C32H70N6O8Si2/c1-11-41-47(42-12-2,43-13-3)25-17-21-35-29(39)19-23-33-27-31(7,8)37-38-32(9,10)28-34-24-20-30(40)36-22-18-26-48(44-14-4,45-15-5)46-16-6/h33-34H,11-28H2,1-10H3,(H,35,39)(H,36,40). The Morgan fingerprint density at radius 3 is 1.08 bits per heavy atom. The quantitative estimate of drug-likeness (QED) is 0.0453. The van der Waals surface area contributed by atoms with Gasteiger partial charge in [-0.25, -0.2) is 0 Å². The highest BCUT2D eigenvalue weighted by Crippen LogP contribution is 2.19. The van der Waals surface area contributed by atoms with Gasteiger partial charge >= 0.3 is 17.6 Å². The molecule has 4 N–H and O–H groups in total. The molecule has 0 bridgehead atoms. The van der Waals surface area contributed by atoms with Crippen LogP contribution in [-0.2, 0) is 36.1 Å². The lowest BCUT2D eigenvalue weighted by atomic mass is 10.1. The lowest BCUT2D eigenvalue weighted by Crippen LogP contribution is -2.46. The van der Waals surface area contributed by atoms with E-state index in [1.165, 1.54) is 0 Å². The first kappa shape index (κ1) is 46.7. The summed E-state index contributed by atoms with van der Waals surface area (Å²) in [5.74, 6) is -0.0135. The highest BCUT2D eigenvalue weighted by molar-refractivity contribution is 6.61. The summed E-state index contributed by atoms with van der Waals surface area (Å²) in [6.07, 6.45) is 2.21. The van der Waals surface area contributed by atoms with Gasteiger partial charge in [-0.05, 0) is 82.1 Å². The smallest absolute Gasteiger partial charge is 0.374 e. The van der Waals surface area contributed by atoms with E-state index in [9.17, 15) is 9.59 Å². The second kappa shape index (κ2) is 26.5. The lowest BCUT2D eigenvalue weighted by Gasteiger charge is -2.28. The molecule has 0 atom stereocenters. The van der Waals surface area contributed by atoms with Gasteiger partial charge in [0.1, 0.15) is 0 Å². The highest BCUT2D eigenvalue weighted by Gasteiger charge is 2.40. The molecular weight excluding hydrogens is 653 g/mol. The lowest BCUT2D eigenvalue weighted by molar-refractivity contribution is -0.121. The average molecular weight is 723 g/mol. The fourth-order valence-corrected chi connectivity index (χ4v) is 10.0. The van der Waals surface area contributed by atoms with E-state index in [4.69, 9.17) is 26.6 Å². The van der Waals surface area contributed by atoms with Crippen molar-refractivity contribution in [3.05, 3.63) is 0 Å². The monoisotopic (exact) mass is 722 g/mol. The summed E-state index contributed by atoms with van der Waals surface area (Å²) in [4.78, 5) is 24.7. The van der Waals surface area contributed by atoms with Crippen LogP contribution < -0.4 is 21.3 Å². The molecule has 0 aliphatic rings. The van der Waals surface area contributed by atoms with Crippen molar-refractivity contribution in [3.63, 3.8) is 0 Å². The Kier molecular flexibility index (Phi) is 25.7. The minimum atomic E-state index is -2.68. The molecule has 2 amide bonds. The highest BCUT2D eigenvalue weighted by atomic mass is 28.4. The van der Waals surface area contributed by atoms with Crippen molar-refractivity contribution >= 4 is 29.4 Å². The molecule has 0 heterocycles. The fourth-order valence-electron chi connectivity index (χ4n) is 4.78. The molecule has 0 fully saturated rings. The molecule has 0 aliphatic heterocycles. The molecule has 48 heavy (non-hydrogen) atoms. The summed E-state index contributed by atoms with van der Waals surface area (Å²) in [5, 5.41) is 21.8. The van der Waals surface area contributed by atoms with E-state index in [1.54, 1.807) is 0 Å². The predicted molar refractivity (Wildman–Crippen MR) is 194 cm³/mol. The molecule has 16 heteroatoms. The van der Waals surface area contributed by atoms with Crippen LogP contribution in [0.15, 0.2) is 10.2 Å². The topological polar surface area (TPSA) is 162 Å². The summed E-state index contributed by atoms with van der Waals surface area (Å²) in [6, 6.07) is 1.34. The summed E-state index contributed by atoms with van der Waals surface area (Å²) in [6.45, 7) is 26.3. The number of rotatable bonds is 32. The Balaban J connectivity index is 4.33. The number of amides is 2. The first-order valence-corrected chi connectivity index (χ1v) is 21.9. The van der Waals surface area contributed by atoms with Gasteiger partial charge in [-0.3, -0.25) is 9.59 Å². The van der Waals surface area contributed by atoms with E-state index < -0.39 is 28.7 Å². The van der Waals surface area contributed by atoms with Crippen LogP contribution in [-0.4, -0.2) is 119 Å². The van der Waals surface area contributed by atoms with Crippen LogP contribution in [0.3, 0.4) is 0 Å². The third kappa shape index (κ3) is 22.4. The summed E-state index contributed by atoms with van der Waals surface area (Å²) >= 11 is 0. The third-order valence-corrected chi connectivity index (χ3v) is 13.2. The Morgan fingerprint density at radius 2 is 0.812 bits per heavy atom. The van der Waals surface area contributed by atoms with Gasteiger partial charge in [0.15, 0.2) is 0 Å². The molecule has 284 valence electrons. The van der Waals surface area contributed by atoms with Crippen LogP contribution in [0.4, 0.5) is 0 Å². The fraction of sp³-hybridized carbons (Fsp3) is 0.938. The molecule has 0 saturated carbocycles. The van der Waals surface area contributed by atoms with Crippen molar-refractivity contribution in [1.29, 1.82) is 0 Å². The number of nitrogens with one attached hydrogen (secondary N) is 4. The van der Waals surface area contributed by atoms with Gasteiger partial charge in [-0.15, -0.1) is 0 Å². The van der Waals surface area contributed by atoms with Crippen molar-refractivity contribution in [2.75, 3.05) is 78.9 Å².